The number of ether oxygens (including phenoxy) is 2. The highest BCUT2D eigenvalue weighted by atomic mass is 16.6. The van der Waals surface area contributed by atoms with E-state index in [2.05, 4.69) is 9.97 Å². The number of esters is 1. The molecule has 11 heteroatoms. The number of para-hydroxylation sites is 1. The predicted molar refractivity (Wildman–Crippen MR) is 192 cm³/mol. The summed E-state index contributed by atoms with van der Waals surface area (Å²) < 4.78 is 13.9. The molecule has 0 fully saturated rings. The molecule has 0 spiro atoms. The van der Waals surface area contributed by atoms with Gasteiger partial charge in [-0.15, -0.1) is 0 Å². The standard InChI is InChI=1S/C40H36N4O7/c1-4-50-20-32-43-33-34(26-15-9-10-16-31(26)42-37(33)41)44(32)21-40(2,3)51-39(49)30-18-23-12-6-8-14-25(23)28(36(30)46)19-27-24-13-7-5-11-22(24)17-29(35(27)45)38(47)48/h5-18H,4,19-21H2,1-3H3,(H5,41,42,45,46,47,48,49). The number of aromatic hydroxyl groups is 1. The van der Waals surface area contributed by atoms with Gasteiger partial charge in [-0.25, -0.2) is 24.1 Å². The van der Waals surface area contributed by atoms with E-state index in [4.69, 9.17) is 15.2 Å². The number of nitrogens with two attached hydrogens (primary N) is 1. The lowest BCUT2D eigenvalue weighted by molar-refractivity contribution is -0.692. The Kier molecular flexibility index (Phi) is 8.44. The van der Waals surface area contributed by atoms with Crippen molar-refractivity contribution in [3.8, 4) is 11.5 Å². The fourth-order valence-corrected chi connectivity index (χ4v) is 6.83. The molecule has 0 amide bonds. The van der Waals surface area contributed by atoms with Gasteiger partial charge in [0, 0.05) is 18.6 Å². The van der Waals surface area contributed by atoms with Crippen LogP contribution in [0.2, 0.25) is 0 Å². The number of hydrogen-bond donors (Lipinski definition) is 4. The number of phenolic OH excluding ortho intramolecular Hbond substituents is 1. The zero-order valence-corrected chi connectivity index (χ0v) is 28.3. The monoisotopic (exact) mass is 684 g/mol. The van der Waals surface area contributed by atoms with Gasteiger partial charge in [-0.1, -0.05) is 66.4 Å². The number of aromatic carboxylic acids is 1. The summed E-state index contributed by atoms with van der Waals surface area (Å²) in [5.74, 6) is -2.08. The number of nitrogen functional groups attached to an aromatic ring is 1. The number of aromatic amines is 1. The zero-order chi connectivity index (χ0) is 36.0. The summed E-state index contributed by atoms with van der Waals surface area (Å²) in [6.45, 7) is 6.38. The lowest BCUT2D eigenvalue weighted by atomic mass is 9.90. The Morgan fingerprint density at radius 3 is 2.20 bits per heavy atom. The number of carbonyl (C=O) groups excluding carboxylic acids is 1. The molecule has 0 radical (unpaired) electrons. The van der Waals surface area contributed by atoms with E-state index in [9.17, 15) is 24.9 Å². The Hall–Kier alpha value is -6.20. The number of imidazole rings is 1. The van der Waals surface area contributed by atoms with Crippen molar-refractivity contribution in [2.75, 3.05) is 12.3 Å². The fourth-order valence-electron chi connectivity index (χ4n) is 6.83. The Balaban J connectivity index is 1.30. The molecular formula is C40H36N4O7. The minimum absolute atomic E-state index is 0.0831. The number of benzene rings is 5. The molecule has 7 rings (SSSR count). The number of phenols is 1. The number of nitrogens with one attached hydrogen (secondary N) is 1. The van der Waals surface area contributed by atoms with Crippen molar-refractivity contribution in [3.63, 3.8) is 0 Å². The third-order valence-electron chi connectivity index (χ3n) is 9.14. The highest BCUT2D eigenvalue weighted by Gasteiger charge is 2.34. The summed E-state index contributed by atoms with van der Waals surface area (Å²) in [6, 6.07) is 24.7. The number of H-pyrrole nitrogens is 1. The van der Waals surface area contributed by atoms with E-state index in [0.717, 1.165) is 10.9 Å². The van der Waals surface area contributed by atoms with Gasteiger partial charge in [0.15, 0.2) is 11.3 Å². The van der Waals surface area contributed by atoms with Gasteiger partial charge in [0.05, 0.1) is 16.5 Å². The van der Waals surface area contributed by atoms with Crippen molar-refractivity contribution in [1.82, 2.24) is 9.97 Å². The number of fused-ring (bicyclic) bond motifs is 5. The molecule has 0 bridgehead atoms. The molecule has 5 N–H and O–H groups in total. The smallest absolute Gasteiger partial charge is 0.342 e. The maximum atomic E-state index is 14.1. The number of rotatable bonds is 10. The van der Waals surface area contributed by atoms with Crippen LogP contribution in [-0.4, -0.2) is 44.3 Å². The molecule has 5 aromatic carbocycles. The number of aromatic nitrogens is 3. The number of carboxylic acid groups (broad SMARTS) is 1. The van der Waals surface area contributed by atoms with Crippen LogP contribution >= 0.6 is 0 Å². The van der Waals surface area contributed by atoms with E-state index in [1.54, 1.807) is 68.4 Å². The van der Waals surface area contributed by atoms with Crippen LogP contribution in [0.4, 0.5) is 5.82 Å². The van der Waals surface area contributed by atoms with Gasteiger partial charge < -0.3 is 30.5 Å². The Bertz CT molecular complexity index is 2520. The van der Waals surface area contributed by atoms with Crippen molar-refractivity contribution in [1.29, 1.82) is 0 Å². The van der Waals surface area contributed by atoms with Crippen LogP contribution < -0.4 is 15.4 Å². The molecular weight excluding hydrogens is 648 g/mol. The first-order chi connectivity index (χ1) is 24.5. The predicted octanol–water partition coefficient (Wildman–Crippen LogP) is 6.13. The van der Waals surface area contributed by atoms with E-state index in [1.807, 2.05) is 35.8 Å². The molecule has 2 aromatic heterocycles. The van der Waals surface area contributed by atoms with E-state index in [-0.39, 0.29) is 42.0 Å². The van der Waals surface area contributed by atoms with E-state index in [1.165, 1.54) is 6.07 Å². The number of anilines is 1. The summed E-state index contributed by atoms with van der Waals surface area (Å²) in [7, 11) is 0. The molecule has 0 aliphatic rings. The lowest BCUT2D eigenvalue weighted by Crippen LogP contribution is -2.49. The second-order valence-corrected chi connectivity index (χ2v) is 13.1. The number of carboxylic acids is 1. The third kappa shape index (κ3) is 6.01. The fraction of sp³-hybridized carbons (Fsp3) is 0.200. The SMILES string of the molecule is CCOCc1[nH]c2c(N)nc3ccccc3c2[n+]1CC(C)(C)OC(=O)c1cc2ccccc2c(Cc2c([O-])c(C(=O)O)cc3ccccc23)c1O. The van der Waals surface area contributed by atoms with Crippen molar-refractivity contribution in [3.05, 3.63) is 113 Å². The Morgan fingerprint density at radius 1 is 0.922 bits per heavy atom. The molecule has 0 atom stereocenters. The van der Waals surface area contributed by atoms with Gasteiger partial charge in [-0.3, -0.25) is 0 Å². The molecule has 0 saturated heterocycles. The topological polar surface area (TPSA) is 175 Å². The molecule has 7 aromatic rings. The van der Waals surface area contributed by atoms with Gasteiger partial charge in [0.2, 0.25) is 5.52 Å². The number of hydrogen-bond acceptors (Lipinski definition) is 8. The van der Waals surface area contributed by atoms with E-state index in [0.29, 0.717) is 56.4 Å². The summed E-state index contributed by atoms with van der Waals surface area (Å²) in [5, 5.41) is 38.4. The van der Waals surface area contributed by atoms with E-state index < -0.39 is 23.3 Å². The molecule has 258 valence electrons. The van der Waals surface area contributed by atoms with Crippen LogP contribution in [0, 0.1) is 0 Å². The van der Waals surface area contributed by atoms with Crippen LogP contribution in [0.15, 0.2) is 84.9 Å². The largest absolute Gasteiger partial charge is 0.872 e. The third-order valence-corrected chi connectivity index (χ3v) is 9.14. The second-order valence-electron chi connectivity index (χ2n) is 13.1. The van der Waals surface area contributed by atoms with Gasteiger partial charge in [-0.05, 0) is 72.1 Å². The normalized spacial score (nSPS) is 11.9. The van der Waals surface area contributed by atoms with Gasteiger partial charge >= 0.3 is 11.9 Å². The van der Waals surface area contributed by atoms with E-state index >= 15 is 0 Å². The van der Waals surface area contributed by atoms with Gasteiger partial charge in [0.1, 0.15) is 30.1 Å². The second kappa shape index (κ2) is 12.9. The molecule has 11 nitrogen and oxygen atoms in total. The minimum Gasteiger partial charge on any atom is -0.872 e. The summed E-state index contributed by atoms with van der Waals surface area (Å²) in [6.07, 6.45) is -0.119. The summed E-state index contributed by atoms with van der Waals surface area (Å²) in [4.78, 5) is 34.0. The first-order valence-electron chi connectivity index (χ1n) is 16.6. The van der Waals surface area contributed by atoms with Crippen molar-refractivity contribution in [2.45, 2.75) is 45.9 Å². The Morgan fingerprint density at radius 2 is 1.53 bits per heavy atom. The highest BCUT2D eigenvalue weighted by molar-refractivity contribution is 6.05. The quantitative estimate of drug-likeness (QED) is 0.0975. The molecule has 0 unspecified atom stereocenters. The van der Waals surface area contributed by atoms with Crippen molar-refractivity contribution < 1.29 is 38.9 Å². The molecule has 0 saturated carbocycles. The lowest BCUT2D eigenvalue weighted by Gasteiger charge is -2.25. The first kappa shape index (κ1) is 33.3. The number of pyridine rings is 1. The van der Waals surface area contributed by atoms with Gasteiger partial charge in [0.25, 0.3) is 5.82 Å². The summed E-state index contributed by atoms with van der Waals surface area (Å²) in [5.41, 5.74) is 7.47. The molecule has 0 aliphatic heterocycles. The number of nitrogens with zero attached hydrogens (tertiary/aromatic N) is 2. The van der Waals surface area contributed by atoms with Crippen LogP contribution in [-0.2, 0) is 29.0 Å². The zero-order valence-electron chi connectivity index (χ0n) is 28.3. The van der Waals surface area contributed by atoms with Crippen molar-refractivity contribution in [2.24, 2.45) is 0 Å². The van der Waals surface area contributed by atoms with Crippen LogP contribution in [0.1, 0.15) is 58.4 Å². The first-order valence-corrected chi connectivity index (χ1v) is 16.6. The average Bonchev–Trinajstić information content (AvgIpc) is 3.46. The number of carbonyl (C=O) groups is 2. The maximum absolute atomic E-state index is 14.1. The van der Waals surface area contributed by atoms with Crippen LogP contribution in [0.5, 0.6) is 11.5 Å². The maximum Gasteiger partial charge on any atom is 0.342 e. The highest BCUT2D eigenvalue weighted by Crippen LogP contribution is 2.38. The minimum atomic E-state index is -1.34. The summed E-state index contributed by atoms with van der Waals surface area (Å²) >= 11 is 0. The Labute approximate surface area is 292 Å². The molecule has 0 aliphatic carbocycles. The molecule has 2 heterocycles. The van der Waals surface area contributed by atoms with Crippen LogP contribution in [0.25, 0.3) is 43.5 Å². The average molecular weight is 685 g/mol. The van der Waals surface area contributed by atoms with Crippen molar-refractivity contribution >= 4 is 61.2 Å². The molecule has 51 heavy (non-hydrogen) atoms. The van der Waals surface area contributed by atoms with Gasteiger partial charge in [-0.2, -0.15) is 0 Å². The van der Waals surface area contributed by atoms with Crippen LogP contribution in [0.3, 0.4) is 0 Å².